The molecular weight excluding hydrogens is 470 g/mol. The van der Waals surface area contributed by atoms with Gasteiger partial charge in [-0.05, 0) is 58.0 Å². The monoisotopic (exact) mass is 499 g/mol. The van der Waals surface area contributed by atoms with Gasteiger partial charge >= 0.3 is 0 Å². The van der Waals surface area contributed by atoms with Crippen molar-refractivity contribution < 1.29 is 13.6 Å². The molecule has 4 aromatic carbocycles. The molecule has 4 N–H and O–H groups in total. The van der Waals surface area contributed by atoms with Crippen LogP contribution in [-0.4, -0.2) is 14.7 Å². The molecule has 0 spiro atoms. The van der Waals surface area contributed by atoms with Crippen molar-refractivity contribution in [3.8, 4) is 0 Å². The molecule has 0 aromatic heterocycles. The first kappa shape index (κ1) is 24.2. The number of nitrogens with one attached hydrogen (secondary N) is 1. The van der Waals surface area contributed by atoms with E-state index in [1.165, 1.54) is 9.87 Å². The molecule has 0 saturated heterocycles. The van der Waals surface area contributed by atoms with E-state index in [-0.39, 0.29) is 18.4 Å². The summed E-state index contributed by atoms with van der Waals surface area (Å²) in [6, 6.07) is 28.4. The second kappa shape index (κ2) is 10.6. The van der Waals surface area contributed by atoms with E-state index in [1.54, 1.807) is 0 Å². The number of nitrogens with zero attached hydrogens (tertiary/aromatic N) is 1. The van der Waals surface area contributed by atoms with Crippen LogP contribution in [0, 0.1) is 0 Å². The van der Waals surface area contributed by atoms with Crippen molar-refractivity contribution in [2.24, 2.45) is 5.73 Å². The second-order valence-electron chi connectivity index (χ2n) is 9.11. The largest absolute Gasteiger partial charge is 0.349 e. The Morgan fingerprint density at radius 2 is 1.75 bits per heavy atom. The Hall–Kier alpha value is -3.52. The Morgan fingerprint density at radius 1 is 1.00 bits per heavy atom. The van der Waals surface area contributed by atoms with Crippen molar-refractivity contribution in [3.05, 3.63) is 113 Å². The lowest BCUT2D eigenvalue weighted by Gasteiger charge is -2.30. The number of nitrogens with two attached hydrogens (primary N) is 1. The maximum Gasteiger partial charge on any atom is 0.262 e. The summed E-state index contributed by atoms with van der Waals surface area (Å²) in [4.78, 5) is 13.3. The van der Waals surface area contributed by atoms with Crippen molar-refractivity contribution in [2.45, 2.75) is 37.9 Å². The third-order valence-electron chi connectivity index (χ3n) is 6.86. The number of hydrogen-bond acceptors (Lipinski definition) is 3. The summed E-state index contributed by atoms with van der Waals surface area (Å²) in [5, 5.41) is 5.17. The number of fused-ring (bicyclic) bond motifs is 2. The SMILES string of the molecule is NCc1ccc2c(c1)CCC2NC(=O)CC(c1ccccc1)N(c1ccc2ccccc2c1)S(=O)O. The minimum atomic E-state index is -2.35. The van der Waals surface area contributed by atoms with E-state index in [1.807, 2.05) is 84.9 Å². The smallest absolute Gasteiger partial charge is 0.262 e. The van der Waals surface area contributed by atoms with E-state index < -0.39 is 17.3 Å². The van der Waals surface area contributed by atoms with Crippen LogP contribution in [0.1, 0.15) is 47.2 Å². The molecule has 0 fully saturated rings. The van der Waals surface area contributed by atoms with E-state index in [0.29, 0.717) is 12.2 Å². The fourth-order valence-electron chi connectivity index (χ4n) is 5.08. The molecule has 1 aliphatic rings. The van der Waals surface area contributed by atoms with Gasteiger partial charge in [-0.15, -0.1) is 0 Å². The van der Waals surface area contributed by atoms with E-state index in [2.05, 4.69) is 11.4 Å². The molecule has 0 bridgehead atoms. The van der Waals surface area contributed by atoms with Gasteiger partial charge in [-0.25, -0.2) is 4.21 Å². The highest BCUT2D eigenvalue weighted by Gasteiger charge is 2.30. The summed E-state index contributed by atoms with van der Waals surface area (Å²) in [6.45, 7) is 0.492. The molecule has 0 radical (unpaired) electrons. The van der Waals surface area contributed by atoms with Gasteiger partial charge in [-0.3, -0.25) is 13.7 Å². The topological polar surface area (TPSA) is 95.7 Å². The maximum absolute atomic E-state index is 13.3. The summed E-state index contributed by atoms with van der Waals surface area (Å²) in [5.41, 5.74) is 10.6. The van der Waals surface area contributed by atoms with Gasteiger partial charge in [0.15, 0.2) is 0 Å². The van der Waals surface area contributed by atoms with Crippen LogP contribution in [0.2, 0.25) is 0 Å². The van der Waals surface area contributed by atoms with Crippen LogP contribution in [0.25, 0.3) is 10.8 Å². The number of hydrogen-bond donors (Lipinski definition) is 3. The quantitative estimate of drug-likeness (QED) is 0.291. The van der Waals surface area contributed by atoms with Crippen molar-refractivity contribution >= 4 is 33.6 Å². The highest BCUT2D eigenvalue weighted by molar-refractivity contribution is 7.80. The molecule has 3 atom stereocenters. The van der Waals surface area contributed by atoms with Gasteiger partial charge in [-0.1, -0.05) is 78.9 Å². The molecule has 6 nitrogen and oxygen atoms in total. The molecule has 1 aliphatic carbocycles. The first-order valence-electron chi connectivity index (χ1n) is 12.1. The predicted octanol–water partition coefficient (Wildman–Crippen LogP) is 5.18. The normalized spacial score (nSPS) is 16.3. The minimum absolute atomic E-state index is 0.0376. The third kappa shape index (κ3) is 5.04. The average molecular weight is 500 g/mol. The number of rotatable bonds is 8. The minimum Gasteiger partial charge on any atom is -0.349 e. The van der Waals surface area contributed by atoms with Crippen molar-refractivity contribution in [2.75, 3.05) is 4.31 Å². The highest BCUT2D eigenvalue weighted by Crippen LogP contribution is 2.35. The Kier molecular flexibility index (Phi) is 7.13. The summed E-state index contributed by atoms with van der Waals surface area (Å²) in [6.07, 6.45) is 1.75. The fourth-order valence-corrected chi connectivity index (χ4v) is 5.79. The maximum atomic E-state index is 13.3. The standard InChI is InChI=1S/C29H29N3O3S/c30-19-20-10-14-26-24(16-20)12-15-27(26)31-29(33)18-28(22-7-2-1-3-8-22)32(36(34)35)25-13-11-21-6-4-5-9-23(21)17-25/h1-11,13-14,16-17,27-28H,12,15,18-19,30H2,(H,31,33)(H,34,35). The van der Waals surface area contributed by atoms with Crippen LogP contribution in [0.3, 0.4) is 0 Å². The number of carbonyl (C=O) groups excluding carboxylic acids is 1. The number of aryl methyl sites for hydroxylation is 1. The van der Waals surface area contributed by atoms with E-state index in [0.717, 1.165) is 40.3 Å². The van der Waals surface area contributed by atoms with Gasteiger partial charge in [0.25, 0.3) is 11.3 Å². The van der Waals surface area contributed by atoms with Gasteiger partial charge in [0.05, 0.1) is 24.2 Å². The molecule has 184 valence electrons. The zero-order valence-corrected chi connectivity index (χ0v) is 20.7. The van der Waals surface area contributed by atoms with Crippen LogP contribution >= 0.6 is 0 Å². The van der Waals surface area contributed by atoms with E-state index in [9.17, 15) is 13.6 Å². The molecule has 3 unspecified atom stereocenters. The second-order valence-corrected chi connectivity index (χ2v) is 9.97. The molecule has 0 aliphatic heterocycles. The lowest BCUT2D eigenvalue weighted by Crippen LogP contribution is -2.36. The average Bonchev–Trinajstić information content (AvgIpc) is 3.30. The summed E-state index contributed by atoms with van der Waals surface area (Å²) in [5.74, 6) is -0.166. The van der Waals surface area contributed by atoms with Crippen molar-refractivity contribution in [1.82, 2.24) is 5.32 Å². The lowest BCUT2D eigenvalue weighted by molar-refractivity contribution is -0.122. The molecule has 7 heteroatoms. The Bertz CT molecular complexity index is 1410. The molecule has 0 saturated carbocycles. The molecule has 1 amide bonds. The highest BCUT2D eigenvalue weighted by atomic mass is 32.2. The fraction of sp³-hybridized carbons (Fsp3) is 0.207. The lowest BCUT2D eigenvalue weighted by atomic mass is 10.0. The van der Waals surface area contributed by atoms with Crippen LogP contribution in [0.5, 0.6) is 0 Å². The number of benzene rings is 4. The van der Waals surface area contributed by atoms with Crippen LogP contribution in [0.15, 0.2) is 91.0 Å². The molecular formula is C29H29N3O3S. The van der Waals surface area contributed by atoms with Gasteiger partial charge < -0.3 is 11.1 Å². The van der Waals surface area contributed by atoms with Crippen molar-refractivity contribution in [1.29, 1.82) is 0 Å². The Labute approximate surface area is 213 Å². The van der Waals surface area contributed by atoms with Gasteiger partial charge in [0.1, 0.15) is 0 Å². The summed E-state index contributed by atoms with van der Waals surface area (Å²) < 4.78 is 24.5. The number of amides is 1. The predicted molar refractivity (Wildman–Crippen MR) is 145 cm³/mol. The number of carbonyl (C=O) groups is 1. The number of anilines is 1. The zero-order valence-electron chi connectivity index (χ0n) is 19.8. The van der Waals surface area contributed by atoms with E-state index in [4.69, 9.17) is 5.73 Å². The Morgan fingerprint density at radius 3 is 2.50 bits per heavy atom. The summed E-state index contributed by atoms with van der Waals surface area (Å²) in [7, 11) is 0. The Balaban J connectivity index is 1.43. The molecule has 36 heavy (non-hydrogen) atoms. The van der Waals surface area contributed by atoms with Crippen molar-refractivity contribution in [3.63, 3.8) is 0 Å². The van der Waals surface area contributed by atoms with Crippen LogP contribution in [-0.2, 0) is 29.0 Å². The van der Waals surface area contributed by atoms with Gasteiger partial charge in [-0.2, -0.15) is 0 Å². The van der Waals surface area contributed by atoms with E-state index >= 15 is 0 Å². The molecule has 5 rings (SSSR count). The zero-order chi connectivity index (χ0) is 25.1. The molecule has 4 aromatic rings. The first-order chi connectivity index (χ1) is 17.5. The van der Waals surface area contributed by atoms with Gasteiger partial charge in [0.2, 0.25) is 5.91 Å². The first-order valence-corrected chi connectivity index (χ1v) is 13.1. The summed E-state index contributed by atoms with van der Waals surface area (Å²) >= 11 is -2.35. The van der Waals surface area contributed by atoms with Crippen LogP contribution in [0.4, 0.5) is 5.69 Å². The molecule has 0 heterocycles. The van der Waals surface area contributed by atoms with Gasteiger partial charge in [0, 0.05) is 6.54 Å². The van der Waals surface area contributed by atoms with Crippen LogP contribution < -0.4 is 15.4 Å². The third-order valence-corrected chi connectivity index (χ3v) is 7.66.